The van der Waals surface area contributed by atoms with E-state index in [2.05, 4.69) is 16.8 Å². The lowest BCUT2D eigenvalue weighted by atomic mass is 9.84. The zero-order chi connectivity index (χ0) is 36.0. The van der Waals surface area contributed by atoms with E-state index in [1.807, 2.05) is 85.8 Å². The molecule has 51 heavy (non-hydrogen) atoms. The van der Waals surface area contributed by atoms with E-state index in [1.165, 1.54) is 11.8 Å². The van der Waals surface area contributed by atoms with Crippen molar-refractivity contribution < 1.29 is 19.5 Å². The lowest BCUT2D eigenvalue weighted by molar-refractivity contribution is -0.116. The molecule has 264 valence electrons. The Kier molecular flexibility index (Phi) is 11.4. The van der Waals surface area contributed by atoms with Crippen LogP contribution in [-0.4, -0.2) is 49.0 Å². The van der Waals surface area contributed by atoms with Gasteiger partial charge in [-0.3, -0.25) is 9.59 Å². The maximum Gasteiger partial charge on any atom is 0.336 e. The Bertz CT molecular complexity index is 2020. The van der Waals surface area contributed by atoms with Crippen LogP contribution in [0, 0.1) is 6.92 Å². The summed E-state index contributed by atoms with van der Waals surface area (Å²) in [4.78, 5) is 44.1. The number of aromatic carboxylic acids is 1. The SMILES string of the molecule is CCCc1nc2c(C)cc(C(=O)NC(CSC(=O)C3(N)CCCCC3)Cc3ccccc3)cc2n1Cc1ccc(-c2ccccc2C(=O)O)cc1. The van der Waals surface area contributed by atoms with Gasteiger partial charge in [0.05, 0.1) is 22.1 Å². The minimum absolute atomic E-state index is 0.0123. The Morgan fingerprint density at radius 3 is 2.35 bits per heavy atom. The largest absolute Gasteiger partial charge is 0.478 e. The number of hydrogen-bond acceptors (Lipinski definition) is 6. The van der Waals surface area contributed by atoms with E-state index in [4.69, 9.17) is 10.7 Å². The van der Waals surface area contributed by atoms with Crippen molar-refractivity contribution in [1.82, 2.24) is 14.9 Å². The Hall–Kier alpha value is -4.73. The summed E-state index contributed by atoms with van der Waals surface area (Å²) < 4.78 is 2.18. The highest BCUT2D eigenvalue weighted by atomic mass is 32.2. The minimum Gasteiger partial charge on any atom is -0.478 e. The van der Waals surface area contributed by atoms with Crippen LogP contribution < -0.4 is 11.1 Å². The van der Waals surface area contributed by atoms with Gasteiger partial charge in [-0.15, -0.1) is 0 Å². The summed E-state index contributed by atoms with van der Waals surface area (Å²) in [7, 11) is 0. The Balaban J connectivity index is 1.26. The van der Waals surface area contributed by atoms with E-state index >= 15 is 0 Å². The van der Waals surface area contributed by atoms with Gasteiger partial charge in [-0.2, -0.15) is 0 Å². The number of imidazole rings is 1. The van der Waals surface area contributed by atoms with Gasteiger partial charge in [0.25, 0.3) is 5.91 Å². The molecule has 1 amide bonds. The van der Waals surface area contributed by atoms with Gasteiger partial charge in [-0.1, -0.05) is 111 Å². The van der Waals surface area contributed by atoms with Gasteiger partial charge in [0.2, 0.25) is 5.12 Å². The van der Waals surface area contributed by atoms with Crippen LogP contribution in [0.2, 0.25) is 0 Å². The molecule has 1 saturated carbocycles. The van der Waals surface area contributed by atoms with Crippen molar-refractivity contribution >= 4 is 39.8 Å². The fourth-order valence-corrected chi connectivity index (χ4v) is 8.13. The number of nitrogens with one attached hydrogen (secondary N) is 1. The van der Waals surface area contributed by atoms with Gasteiger partial charge in [0.1, 0.15) is 5.82 Å². The molecular formula is C42H46N4O4S. The Morgan fingerprint density at radius 1 is 0.941 bits per heavy atom. The van der Waals surface area contributed by atoms with Crippen molar-refractivity contribution in [3.8, 4) is 11.1 Å². The van der Waals surface area contributed by atoms with Crippen LogP contribution in [0.25, 0.3) is 22.2 Å². The number of rotatable bonds is 13. The summed E-state index contributed by atoms with van der Waals surface area (Å²) in [6.07, 6.45) is 6.78. The first-order valence-corrected chi connectivity index (χ1v) is 18.9. The van der Waals surface area contributed by atoms with E-state index in [-0.39, 0.29) is 22.6 Å². The maximum atomic E-state index is 14.0. The van der Waals surface area contributed by atoms with Crippen molar-refractivity contribution in [2.24, 2.45) is 5.73 Å². The average molecular weight is 703 g/mol. The number of amides is 1. The van der Waals surface area contributed by atoms with Crippen LogP contribution in [0.5, 0.6) is 0 Å². The molecule has 6 rings (SSSR count). The zero-order valence-electron chi connectivity index (χ0n) is 29.4. The highest BCUT2D eigenvalue weighted by molar-refractivity contribution is 8.13. The number of thioether (sulfide) groups is 1. The molecule has 8 nitrogen and oxygen atoms in total. The van der Waals surface area contributed by atoms with Gasteiger partial charge < -0.3 is 20.7 Å². The summed E-state index contributed by atoms with van der Waals surface area (Å²) in [6.45, 7) is 4.66. The summed E-state index contributed by atoms with van der Waals surface area (Å²) in [6, 6.07) is 28.5. The second-order valence-corrected chi connectivity index (χ2v) is 14.7. The van der Waals surface area contributed by atoms with E-state index in [1.54, 1.807) is 12.1 Å². The molecule has 1 aromatic heterocycles. The molecule has 4 aromatic carbocycles. The predicted molar refractivity (Wildman–Crippen MR) is 205 cm³/mol. The molecule has 1 aliphatic carbocycles. The Labute approximate surface area is 303 Å². The normalized spacial score (nSPS) is 14.6. The molecule has 1 aliphatic rings. The van der Waals surface area contributed by atoms with Gasteiger partial charge in [-0.25, -0.2) is 9.78 Å². The van der Waals surface area contributed by atoms with Gasteiger partial charge >= 0.3 is 5.97 Å². The number of fused-ring (bicyclic) bond motifs is 1. The van der Waals surface area contributed by atoms with Crippen molar-refractivity contribution in [3.63, 3.8) is 0 Å². The highest BCUT2D eigenvalue weighted by Gasteiger charge is 2.35. The van der Waals surface area contributed by atoms with Crippen molar-refractivity contribution in [2.45, 2.75) is 83.3 Å². The fourth-order valence-electron chi connectivity index (χ4n) is 7.08. The number of aryl methyl sites for hydroxylation is 2. The molecule has 4 N–H and O–H groups in total. The molecule has 1 fully saturated rings. The number of carboxylic acids is 1. The molecule has 0 spiro atoms. The van der Waals surface area contributed by atoms with Crippen LogP contribution in [0.4, 0.5) is 0 Å². The monoisotopic (exact) mass is 702 g/mol. The Morgan fingerprint density at radius 2 is 1.65 bits per heavy atom. The number of nitrogens with two attached hydrogens (primary N) is 1. The number of carboxylic acid groups (broad SMARTS) is 1. The number of carbonyl (C=O) groups is 3. The summed E-state index contributed by atoms with van der Waals surface area (Å²) >= 11 is 1.24. The quantitative estimate of drug-likeness (QED) is 0.114. The predicted octanol–water partition coefficient (Wildman–Crippen LogP) is 7.97. The first kappa shape index (κ1) is 36.1. The third kappa shape index (κ3) is 8.43. The van der Waals surface area contributed by atoms with Crippen LogP contribution in [0.15, 0.2) is 91.0 Å². The molecule has 1 atom stereocenters. The summed E-state index contributed by atoms with van der Waals surface area (Å²) in [5.41, 5.74) is 12.9. The molecule has 1 unspecified atom stereocenters. The third-order valence-corrected chi connectivity index (χ3v) is 11.1. The molecule has 0 bridgehead atoms. The van der Waals surface area contributed by atoms with E-state index < -0.39 is 11.5 Å². The average Bonchev–Trinajstić information content (AvgIpc) is 3.48. The second-order valence-electron chi connectivity index (χ2n) is 13.7. The van der Waals surface area contributed by atoms with Gasteiger partial charge in [0, 0.05) is 30.3 Å². The van der Waals surface area contributed by atoms with Crippen LogP contribution in [0.1, 0.15) is 88.7 Å². The summed E-state index contributed by atoms with van der Waals surface area (Å²) in [5.74, 6) is 0.232. The zero-order valence-corrected chi connectivity index (χ0v) is 30.2. The van der Waals surface area contributed by atoms with Crippen molar-refractivity contribution in [1.29, 1.82) is 0 Å². The number of benzene rings is 4. The molecule has 0 aliphatic heterocycles. The van der Waals surface area contributed by atoms with Gasteiger partial charge in [-0.05, 0) is 78.6 Å². The molecule has 1 heterocycles. The van der Waals surface area contributed by atoms with E-state index in [9.17, 15) is 19.5 Å². The number of hydrogen-bond donors (Lipinski definition) is 3. The standard InChI is InChI=1S/C42H46N4O4S/c1-3-12-37-45-38-28(2)23-32(25-36(38)46(37)26-30-17-19-31(20-18-30)34-15-8-9-16-35(34)40(48)49)39(47)44-33(24-29-13-6-4-7-14-29)27-51-41(50)42(43)21-10-5-11-22-42/h4,6-9,13-20,23,25,33H,3,5,10-12,21-22,24,26-27,43H2,1-2H3,(H,44,47)(H,48,49). The van der Waals surface area contributed by atoms with E-state index in [0.29, 0.717) is 42.7 Å². The maximum absolute atomic E-state index is 14.0. The molecular weight excluding hydrogens is 657 g/mol. The first-order chi connectivity index (χ1) is 24.6. The minimum atomic E-state index is -0.957. The lowest BCUT2D eigenvalue weighted by Gasteiger charge is -2.31. The number of nitrogens with zero attached hydrogens (tertiary/aromatic N) is 2. The van der Waals surface area contributed by atoms with Crippen LogP contribution >= 0.6 is 11.8 Å². The van der Waals surface area contributed by atoms with Gasteiger partial charge in [0.15, 0.2) is 0 Å². The molecule has 0 saturated heterocycles. The number of carbonyl (C=O) groups excluding carboxylic acids is 2. The van der Waals surface area contributed by atoms with Crippen molar-refractivity contribution in [3.05, 3.63) is 125 Å². The van der Waals surface area contributed by atoms with Crippen molar-refractivity contribution in [2.75, 3.05) is 5.75 Å². The summed E-state index contributed by atoms with van der Waals surface area (Å²) in [5, 5.41) is 12.9. The molecule has 5 aromatic rings. The lowest BCUT2D eigenvalue weighted by Crippen LogP contribution is -2.48. The molecule has 9 heteroatoms. The van der Waals surface area contributed by atoms with Crippen LogP contribution in [0.3, 0.4) is 0 Å². The third-order valence-electron chi connectivity index (χ3n) is 9.85. The topological polar surface area (TPSA) is 127 Å². The fraction of sp³-hybridized carbons (Fsp3) is 0.333. The van der Waals surface area contributed by atoms with Crippen LogP contribution in [-0.2, 0) is 24.2 Å². The second kappa shape index (κ2) is 16.1. The highest BCUT2D eigenvalue weighted by Crippen LogP contribution is 2.31. The first-order valence-electron chi connectivity index (χ1n) is 17.9. The molecule has 0 radical (unpaired) electrons. The van der Waals surface area contributed by atoms with E-state index in [0.717, 1.165) is 71.2 Å². The smallest absolute Gasteiger partial charge is 0.336 e. The number of aromatic nitrogens is 2.